The third-order valence-corrected chi connectivity index (χ3v) is 5.66. The first-order valence-electron chi connectivity index (χ1n) is 9.41. The first-order valence-corrected chi connectivity index (χ1v) is 9.79. The van der Waals surface area contributed by atoms with Crippen LogP contribution in [0.1, 0.15) is 57.3 Å². The summed E-state index contributed by atoms with van der Waals surface area (Å²) in [5.74, 6) is 2.10. The normalized spacial score (nSPS) is 31.4. The van der Waals surface area contributed by atoms with Gasteiger partial charge in [0.1, 0.15) is 0 Å². The molecule has 2 fully saturated rings. The molecule has 1 saturated heterocycles. The Morgan fingerprint density at radius 1 is 1.00 bits per heavy atom. The summed E-state index contributed by atoms with van der Waals surface area (Å²) in [5, 5.41) is 0.747. The van der Waals surface area contributed by atoms with Crippen LogP contribution < -0.4 is 0 Å². The number of unbranched alkanes of at least 4 members (excludes halogenated alkanes) is 1. The number of hydrogen-bond acceptors (Lipinski definition) is 2. The molecule has 0 N–H and O–H groups in total. The molecule has 3 rings (SSSR count). The van der Waals surface area contributed by atoms with Gasteiger partial charge in [0.2, 0.25) is 0 Å². The van der Waals surface area contributed by atoms with Crippen LogP contribution >= 0.6 is 11.6 Å². The van der Waals surface area contributed by atoms with E-state index in [2.05, 4.69) is 19.1 Å². The van der Waals surface area contributed by atoms with Gasteiger partial charge >= 0.3 is 0 Å². The molecule has 1 heterocycles. The van der Waals surface area contributed by atoms with Gasteiger partial charge in [0.05, 0.1) is 13.2 Å². The standard InChI is InChI=1S/C21H29ClO2/c1-2-3-4-5-16-6-8-17(9-7-16)19-14-23-21(24-15-19)18-10-12-20(22)13-11-18/h4-5,10-13,16-17,19,21H,2-3,6-9,14-15H2,1H3/b5-4+/t16-,17-,19-,21-. The van der Waals surface area contributed by atoms with Crippen LogP contribution in [0.2, 0.25) is 5.02 Å². The molecule has 0 amide bonds. The largest absolute Gasteiger partial charge is 0.348 e. The molecule has 0 radical (unpaired) electrons. The molecule has 0 bridgehead atoms. The van der Waals surface area contributed by atoms with Gasteiger partial charge in [0.15, 0.2) is 6.29 Å². The smallest absolute Gasteiger partial charge is 0.183 e. The second-order valence-corrected chi connectivity index (χ2v) is 7.64. The van der Waals surface area contributed by atoms with E-state index in [4.69, 9.17) is 21.1 Å². The van der Waals surface area contributed by atoms with E-state index in [-0.39, 0.29) is 6.29 Å². The molecule has 2 aliphatic rings. The maximum Gasteiger partial charge on any atom is 0.183 e. The zero-order valence-electron chi connectivity index (χ0n) is 14.6. The number of benzene rings is 1. The van der Waals surface area contributed by atoms with Gasteiger partial charge in [-0.1, -0.05) is 49.2 Å². The van der Waals surface area contributed by atoms with E-state index < -0.39 is 0 Å². The lowest BCUT2D eigenvalue weighted by Crippen LogP contribution is -2.34. The monoisotopic (exact) mass is 348 g/mol. The molecule has 1 aliphatic carbocycles. The van der Waals surface area contributed by atoms with Crippen LogP contribution in [0.3, 0.4) is 0 Å². The van der Waals surface area contributed by atoms with Crippen LogP contribution in [0.5, 0.6) is 0 Å². The highest BCUT2D eigenvalue weighted by atomic mass is 35.5. The Bertz CT molecular complexity index is 509. The van der Waals surface area contributed by atoms with E-state index in [0.717, 1.165) is 35.6 Å². The maximum atomic E-state index is 6.00. The van der Waals surface area contributed by atoms with Gasteiger partial charge in [-0.2, -0.15) is 0 Å². The van der Waals surface area contributed by atoms with E-state index in [0.29, 0.717) is 5.92 Å². The lowest BCUT2D eigenvalue weighted by Gasteiger charge is -2.37. The predicted molar refractivity (Wildman–Crippen MR) is 99.1 cm³/mol. The summed E-state index contributed by atoms with van der Waals surface area (Å²) in [5.41, 5.74) is 1.06. The first kappa shape index (κ1) is 18.0. The fraction of sp³-hybridized carbons (Fsp3) is 0.619. The van der Waals surface area contributed by atoms with Gasteiger partial charge in [0, 0.05) is 16.5 Å². The summed E-state index contributed by atoms with van der Waals surface area (Å²) < 4.78 is 12.0. The molecule has 3 heteroatoms. The van der Waals surface area contributed by atoms with Crippen LogP contribution in [-0.4, -0.2) is 13.2 Å². The second kappa shape index (κ2) is 9.03. The van der Waals surface area contributed by atoms with Gasteiger partial charge in [-0.15, -0.1) is 0 Å². The highest BCUT2D eigenvalue weighted by Crippen LogP contribution is 2.37. The zero-order chi connectivity index (χ0) is 16.8. The minimum absolute atomic E-state index is 0.230. The number of ether oxygens (including phenoxy) is 2. The van der Waals surface area contributed by atoms with Crippen molar-refractivity contribution in [1.29, 1.82) is 0 Å². The summed E-state index contributed by atoms with van der Waals surface area (Å²) in [6.07, 6.45) is 12.3. The summed E-state index contributed by atoms with van der Waals surface area (Å²) >= 11 is 5.94. The van der Waals surface area contributed by atoms with Gasteiger partial charge in [-0.25, -0.2) is 0 Å². The van der Waals surface area contributed by atoms with Gasteiger partial charge in [-0.05, 0) is 56.1 Å². The van der Waals surface area contributed by atoms with Crippen LogP contribution in [0.15, 0.2) is 36.4 Å². The number of hydrogen-bond donors (Lipinski definition) is 0. The molecule has 0 aromatic heterocycles. The molecule has 1 aliphatic heterocycles. The summed E-state index contributed by atoms with van der Waals surface area (Å²) in [4.78, 5) is 0. The zero-order valence-corrected chi connectivity index (χ0v) is 15.4. The van der Waals surface area contributed by atoms with Crippen LogP contribution in [0.25, 0.3) is 0 Å². The van der Waals surface area contributed by atoms with Crippen LogP contribution in [0, 0.1) is 17.8 Å². The van der Waals surface area contributed by atoms with Crippen LogP contribution in [0.4, 0.5) is 0 Å². The molecule has 1 saturated carbocycles. The van der Waals surface area contributed by atoms with Crippen LogP contribution in [-0.2, 0) is 9.47 Å². The fourth-order valence-electron chi connectivity index (χ4n) is 3.87. The Hall–Kier alpha value is -0.830. The van der Waals surface area contributed by atoms with Crippen molar-refractivity contribution >= 4 is 11.6 Å². The number of rotatable bonds is 5. The Morgan fingerprint density at radius 3 is 2.29 bits per heavy atom. The van der Waals surface area contributed by atoms with E-state index >= 15 is 0 Å². The molecule has 1 aromatic carbocycles. The summed E-state index contributed by atoms with van der Waals surface area (Å²) in [6.45, 7) is 3.87. The van der Waals surface area contributed by atoms with E-state index in [1.165, 1.54) is 38.5 Å². The molecule has 0 unspecified atom stereocenters. The minimum atomic E-state index is -0.230. The average Bonchev–Trinajstić information content (AvgIpc) is 2.63. The first-order chi connectivity index (χ1) is 11.8. The van der Waals surface area contributed by atoms with Gasteiger partial charge in [-0.3, -0.25) is 0 Å². The lowest BCUT2D eigenvalue weighted by molar-refractivity contribution is -0.214. The van der Waals surface area contributed by atoms with Crippen molar-refractivity contribution < 1.29 is 9.47 Å². The maximum absolute atomic E-state index is 6.00. The topological polar surface area (TPSA) is 18.5 Å². The quantitative estimate of drug-likeness (QED) is 0.593. The Kier molecular flexibility index (Phi) is 6.76. The van der Waals surface area contributed by atoms with Gasteiger partial charge < -0.3 is 9.47 Å². The van der Waals surface area contributed by atoms with Crippen molar-refractivity contribution in [2.24, 2.45) is 17.8 Å². The Labute approximate surface area is 151 Å². The highest BCUT2D eigenvalue weighted by Gasteiger charge is 2.31. The molecule has 0 atom stereocenters. The van der Waals surface area contributed by atoms with Crippen molar-refractivity contribution in [2.45, 2.75) is 51.7 Å². The Balaban J connectivity index is 1.43. The molecule has 2 nitrogen and oxygen atoms in total. The Morgan fingerprint density at radius 2 is 1.67 bits per heavy atom. The van der Waals surface area contributed by atoms with Crippen molar-refractivity contribution in [3.05, 3.63) is 47.0 Å². The fourth-order valence-corrected chi connectivity index (χ4v) is 3.99. The summed E-state index contributed by atoms with van der Waals surface area (Å²) in [7, 11) is 0. The van der Waals surface area contributed by atoms with Crippen molar-refractivity contribution in [2.75, 3.05) is 13.2 Å². The molecule has 132 valence electrons. The average molecular weight is 349 g/mol. The molecule has 24 heavy (non-hydrogen) atoms. The second-order valence-electron chi connectivity index (χ2n) is 7.20. The van der Waals surface area contributed by atoms with Crippen molar-refractivity contribution in [3.8, 4) is 0 Å². The van der Waals surface area contributed by atoms with Gasteiger partial charge in [0.25, 0.3) is 0 Å². The number of halogens is 1. The van der Waals surface area contributed by atoms with E-state index in [1.54, 1.807) is 0 Å². The summed E-state index contributed by atoms with van der Waals surface area (Å²) in [6, 6.07) is 7.76. The SMILES string of the molecule is CCC/C=C/[C@H]1CC[C@H]([C@H]2CO[C@H](c3ccc(Cl)cc3)OC2)CC1. The number of allylic oxidation sites excluding steroid dienone is 2. The molecular formula is C21H29ClO2. The third-order valence-electron chi connectivity index (χ3n) is 5.41. The highest BCUT2D eigenvalue weighted by molar-refractivity contribution is 6.30. The predicted octanol–water partition coefficient (Wildman–Crippen LogP) is 6.16. The lowest BCUT2D eigenvalue weighted by atomic mass is 9.76. The van der Waals surface area contributed by atoms with Crippen molar-refractivity contribution in [1.82, 2.24) is 0 Å². The van der Waals surface area contributed by atoms with E-state index in [9.17, 15) is 0 Å². The molecule has 1 aromatic rings. The van der Waals surface area contributed by atoms with E-state index in [1.807, 2.05) is 24.3 Å². The molecular weight excluding hydrogens is 320 g/mol. The third kappa shape index (κ3) is 4.84. The van der Waals surface area contributed by atoms with Crippen molar-refractivity contribution in [3.63, 3.8) is 0 Å². The minimum Gasteiger partial charge on any atom is -0.348 e. The molecule has 0 spiro atoms.